The average molecular weight is 219 g/mol. The molecule has 2 aromatic rings. The van der Waals surface area contributed by atoms with Crippen LogP contribution < -0.4 is 0 Å². The van der Waals surface area contributed by atoms with E-state index in [0.717, 1.165) is 43.0 Å². The number of aryl methyl sites for hydroxylation is 2. The van der Waals surface area contributed by atoms with Gasteiger partial charge in [0.2, 0.25) is 0 Å². The molecule has 2 rings (SSSR count). The Morgan fingerprint density at radius 3 is 3.06 bits per heavy atom. The summed E-state index contributed by atoms with van der Waals surface area (Å²) in [5.41, 5.74) is 1.97. The van der Waals surface area contributed by atoms with Gasteiger partial charge in [-0.2, -0.15) is 0 Å². The van der Waals surface area contributed by atoms with Crippen LogP contribution in [0.5, 0.6) is 0 Å². The van der Waals surface area contributed by atoms with Gasteiger partial charge in [0.25, 0.3) is 0 Å². The smallest absolute Gasteiger partial charge is 0.159 e. The van der Waals surface area contributed by atoms with E-state index in [1.54, 1.807) is 7.11 Å². The van der Waals surface area contributed by atoms with Gasteiger partial charge >= 0.3 is 0 Å². The Balaban J connectivity index is 2.32. The molecule has 0 radical (unpaired) electrons. The molecule has 0 atom stereocenters. The summed E-state index contributed by atoms with van der Waals surface area (Å²) in [5.74, 6) is 1.10. The first-order chi connectivity index (χ1) is 7.86. The number of methoxy groups -OCH3 is 1. The zero-order valence-electron chi connectivity index (χ0n) is 9.81. The van der Waals surface area contributed by atoms with Gasteiger partial charge in [0.15, 0.2) is 5.65 Å². The summed E-state index contributed by atoms with van der Waals surface area (Å²) < 4.78 is 7.26. The highest BCUT2D eigenvalue weighted by Gasteiger charge is 2.08. The van der Waals surface area contributed by atoms with Crippen molar-refractivity contribution in [2.75, 3.05) is 13.7 Å². The zero-order chi connectivity index (χ0) is 11.4. The molecule has 0 unspecified atom stereocenters. The number of pyridine rings is 1. The highest BCUT2D eigenvalue weighted by atomic mass is 16.5. The molecule has 0 spiro atoms. The van der Waals surface area contributed by atoms with Gasteiger partial charge in [-0.3, -0.25) is 0 Å². The zero-order valence-corrected chi connectivity index (χ0v) is 9.81. The molecule has 0 bridgehead atoms. The Hall–Kier alpha value is -1.42. The van der Waals surface area contributed by atoms with E-state index in [4.69, 9.17) is 4.74 Å². The van der Waals surface area contributed by atoms with Crippen molar-refractivity contribution in [2.45, 2.75) is 26.3 Å². The van der Waals surface area contributed by atoms with E-state index in [0.29, 0.717) is 0 Å². The lowest BCUT2D eigenvalue weighted by molar-refractivity contribution is 0.190. The van der Waals surface area contributed by atoms with Crippen LogP contribution in [-0.4, -0.2) is 28.3 Å². The van der Waals surface area contributed by atoms with Crippen LogP contribution in [0.25, 0.3) is 11.2 Å². The van der Waals surface area contributed by atoms with Crippen LogP contribution in [0.2, 0.25) is 0 Å². The number of nitrogens with zero attached hydrogens (tertiary/aromatic N) is 3. The average Bonchev–Trinajstić information content (AvgIpc) is 2.68. The third kappa shape index (κ3) is 2.07. The van der Waals surface area contributed by atoms with Gasteiger partial charge in [-0.1, -0.05) is 6.92 Å². The lowest BCUT2D eigenvalue weighted by Gasteiger charge is -2.06. The molecular weight excluding hydrogens is 202 g/mol. The van der Waals surface area contributed by atoms with Gasteiger partial charge in [-0.15, -0.1) is 0 Å². The van der Waals surface area contributed by atoms with E-state index < -0.39 is 0 Å². The molecule has 0 N–H and O–H groups in total. The number of aromatic nitrogens is 3. The molecule has 0 fully saturated rings. The SMILES string of the molecule is CCc1nc2cccnc2n1CCCOC. The molecular formula is C12H17N3O. The maximum atomic E-state index is 5.07. The van der Waals surface area contributed by atoms with Crippen molar-refractivity contribution in [1.29, 1.82) is 0 Å². The van der Waals surface area contributed by atoms with Crippen LogP contribution in [-0.2, 0) is 17.7 Å². The van der Waals surface area contributed by atoms with Crippen molar-refractivity contribution in [2.24, 2.45) is 0 Å². The van der Waals surface area contributed by atoms with Crippen molar-refractivity contribution in [3.8, 4) is 0 Å². The van der Waals surface area contributed by atoms with Crippen LogP contribution in [0.3, 0.4) is 0 Å². The summed E-state index contributed by atoms with van der Waals surface area (Å²) >= 11 is 0. The highest BCUT2D eigenvalue weighted by Crippen LogP contribution is 2.14. The molecule has 16 heavy (non-hydrogen) atoms. The summed E-state index contributed by atoms with van der Waals surface area (Å²) in [6.07, 6.45) is 3.74. The summed E-state index contributed by atoms with van der Waals surface area (Å²) in [6.45, 7) is 3.81. The minimum absolute atomic E-state index is 0.773. The van der Waals surface area contributed by atoms with E-state index in [9.17, 15) is 0 Å². The molecule has 2 aromatic heterocycles. The topological polar surface area (TPSA) is 39.9 Å². The molecule has 4 heteroatoms. The van der Waals surface area contributed by atoms with Gasteiger partial charge in [0, 0.05) is 32.9 Å². The second-order valence-corrected chi connectivity index (χ2v) is 3.73. The number of hydrogen-bond acceptors (Lipinski definition) is 3. The summed E-state index contributed by atoms with van der Waals surface area (Å²) in [6, 6.07) is 3.93. The molecule has 0 aromatic carbocycles. The van der Waals surface area contributed by atoms with E-state index in [1.165, 1.54) is 0 Å². The standard InChI is InChI=1S/C12H17N3O/c1-3-11-14-10-6-4-7-13-12(10)15(11)8-5-9-16-2/h4,6-7H,3,5,8-9H2,1-2H3. The van der Waals surface area contributed by atoms with Crippen LogP contribution in [0.1, 0.15) is 19.2 Å². The number of imidazole rings is 1. The van der Waals surface area contributed by atoms with Crippen LogP contribution in [0.15, 0.2) is 18.3 Å². The third-order valence-electron chi connectivity index (χ3n) is 2.63. The van der Waals surface area contributed by atoms with Gasteiger partial charge in [0.05, 0.1) is 0 Å². The molecule has 2 heterocycles. The first-order valence-electron chi connectivity index (χ1n) is 5.66. The molecule has 0 saturated carbocycles. The predicted molar refractivity (Wildman–Crippen MR) is 63.4 cm³/mol. The third-order valence-corrected chi connectivity index (χ3v) is 2.63. The molecule has 0 aliphatic heterocycles. The molecule has 4 nitrogen and oxygen atoms in total. The largest absolute Gasteiger partial charge is 0.385 e. The fourth-order valence-electron chi connectivity index (χ4n) is 1.88. The van der Waals surface area contributed by atoms with E-state index in [1.807, 2.05) is 18.3 Å². The second-order valence-electron chi connectivity index (χ2n) is 3.73. The Morgan fingerprint density at radius 2 is 2.31 bits per heavy atom. The monoisotopic (exact) mass is 219 g/mol. The number of rotatable bonds is 5. The Bertz CT molecular complexity index is 464. The fraction of sp³-hybridized carbons (Fsp3) is 0.500. The normalized spacial score (nSPS) is 11.1. The minimum Gasteiger partial charge on any atom is -0.385 e. The van der Waals surface area contributed by atoms with Crippen molar-refractivity contribution < 1.29 is 4.74 Å². The predicted octanol–water partition coefficient (Wildman–Crippen LogP) is 2.03. The van der Waals surface area contributed by atoms with E-state index in [-0.39, 0.29) is 0 Å². The first kappa shape index (κ1) is 11.1. The van der Waals surface area contributed by atoms with Gasteiger partial charge in [0.1, 0.15) is 11.3 Å². The number of hydrogen-bond donors (Lipinski definition) is 0. The highest BCUT2D eigenvalue weighted by molar-refractivity contribution is 5.71. The van der Waals surface area contributed by atoms with Crippen LogP contribution in [0.4, 0.5) is 0 Å². The molecule has 0 aliphatic carbocycles. The molecule has 0 amide bonds. The Morgan fingerprint density at radius 1 is 1.44 bits per heavy atom. The summed E-state index contributed by atoms with van der Waals surface area (Å²) in [4.78, 5) is 8.96. The summed E-state index contributed by atoms with van der Waals surface area (Å²) in [5, 5.41) is 0. The van der Waals surface area contributed by atoms with E-state index in [2.05, 4.69) is 21.5 Å². The fourth-order valence-corrected chi connectivity index (χ4v) is 1.88. The maximum Gasteiger partial charge on any atom is 0.159 e. The Kier molecular flexibility index (Phi) is 3.51. The molecule has 0 aliphatic rings. The Labute approximate surface area is 95.3 Å². The van der Waals surface area contributed by atoms with Gasteiger partial charge < -0.3 is 9.30 Å². The van der Waals surface area contributed by atoms with Crippen molar-refractivity contribution in [3.05, 3.63) is 24.2 Å². The van der Waals surface area contributed by atoms with E-state index >= 15 is 0 Å². The van der Waals surface area contributed by atoms with Crippen LogP contribution in [0, 0.1) is 0 Å². The first-order valence-corrected chi connectivity index (χ1v) is 5.66. The van der Waals surface area contributed by atoms with Gasteiger partial charge in [-0.25, -0.2) is 9.97 Å². The quantitative estimate of drug-likeness (QED) is 0.722. The molecule has 0 saturated heterocycles. The summed E-state index contributed by atoms with van der Waals surface area (Å²) in [7, 11) is 1.73. The van der Waals surface area contributed by atoms with Gasteiger partial charge in [-0.05, 0) is 18.6 Å². The second kappa shape index (κ2) is 5.07. The molecule has 86 valence electrons. The lowest BCUT2D eigenvalue weighted by atomic mass is 10.4. The van der Waals surface area contributed by atoms with Crippen LogP contribution >= 0.6 is 0 Å². The van der Waals surface area contributed by atoms with Crippen molar-refractivity contribution in [3.63, 3.8) is 0 Å². The number of ether oxygens (including phenoxy) is 1. The maximum absolute atomic E-state index is 5.07. The number of fused-ring (bicyclic) bond motifs is 1. The lowest BCUT2D eigenvalue weighted by Crippen LogP contribution is -2.06. The van der Waals surface area contributed by atoms with Crippen molar-refractivity contribution >= 4 is 11.2 Å². The van der Waals surface area contributed by atoms with Crippen molar-refractivity contribution in [1.82, 2.24) is 14.5 Å². The minimum atomic E-state index is 0.773.